The van der Waals surface area contributed by atoms with E-state index in [4.69, 9.17) is 4.74 Å². The molecule has 0 aliphatic heterocycles. The summed E-state index contributed by atoms with van der Waals surface area (Å²) >= 11 is 0. The van der Waals surface area contributed by atoms with Crippen LogP contribution < -0.4 is 15.4 Å². The average molecular weight is 314 g/mol. The summed E-state index contributed by atoms with van der Waals surface area (Å²) in [7, 11) is 0. The molecule has 1 aliphatic carbocycles. The van der Waals surface area contributed by atoms with Crippen molar-refractivity contribution in [3.05, 3.63) is 48.6 Å². The van der Waals surface area contributed by atoms with Crippen molar-refractivity contribution < 1.29 is 9.53 Å². The molecule has 0 spiro atoms. The van der Waals surface area contributed by atoms with E-state index in [1.807, 2.05) is 24.3 Å². The lowest BCUT2D eigenvalue weighted by Gasteiger charge is -2.13. The highest BCUT2D eigenvalue weighted by atomic mass is 16.5. The Morgan fingerprint density at radius 1 is 1.35 bits per heavy atom. The van der Waals surface area contributed by atoms with Crippen molar-refractivity contribution in [2.45, 2.75) is 32.1 Å². The molecule has 4 heteroatoms. The Balaban J connectivity index is 1.67. The molecule has 124 valence electrons. The number of benzene rings is 1. The van der Waals surface area contributed by atoms with Gasteiger partial charge in [-0.2, -0.15) is 0 Å². The highest BCUT2D eigenvalue weighted by Gasteiger charge is 2.05. The first kappa shape index (κ1) is 17.1. The molecular weight excluding hydrogens is 288 g/mol. The van der Waals surface area contributed by atoms with E-state index in [9.17, 15) is 4.79 Å². The van der Waals surface area contributed by atoms with Crippen molar-refractivity contribution in [1.82, 2.24) is 5.32 Å². The Hall–Kier alpha value is -2.23. The molecule has 0 unspecified atom stereocenters. The molecule has 0 saturated heterocycles. The summed E-state index contributed by atoms with van der Waals surface area (Å²) in [5.74, 6) is 0.776. The van der Waals surface area contributed by atoms with E-state index in [0.717, 1.165) is 24.4 Å². The second-order valence-corrected chi connectivity index (χ2v) is 5.69. The van der Waals surface area contributed by atoms with Crippen LogP contribution in [0.3, 0.4) is 0 Å². The van der Waals surface area contributed by atoms with Gasteiger partial charge in [-0.05, 0) is 44.2 Å². The number of anilines is 1. The molecule has 1 aromatic rings. The molecule has 0 aromatic heterocycles. The SMILES string of the molecule is C=CCOc1cccc(NCC(=O)NCCC2=CCCCC2)c1. The van der Waals surface area contributed by atoms with E-state index in [-0.39, 0.29) is 12.5 Å². The molecule has 0 bridgehead atoms. The predicted octanol–water partition coefficient (Wildman–Crippen LogP) is 3.67. The average Bonchev–Trinajstić information content (AvgIpc) is 2.59. The van der Waals surface area contributed by atoms with Gasteiger partial charge in [0.1, 0.15) is 12.4 Å². The third kappa shape index (κ3) is 6.59. The van der Waals surface area contributed by atoms with E-state index >= 15 is 0 Å². The maximum Gasteiger partial charge on any atom is 0.239 e. The van der Waals surface area contributed by atoms with Crippen LogP contribution in [0.4, 0.5) is 5.69 Å². The number of nitrogens with one attached hydrogen (secondary N) is 2. The molecule has 1 aliphatic rings. The van der Waals surface area contributed by atoms with Crippen LogP contribution >= 0.6 is 0 Å². The summed E-state index contributed by atoms with van der Waals surface area (Å²) in [6, 6.07) is 7.57. The largest absolute Gasteiger partial charge is 0.489 e. The smallest absolute Gasteiger partial charge is 0.239 e. The molecule has 1 amide bonds. The summed E-state index contributed by atoms with van der Waals surface area (Å²) in [4.78, 5) is 11.9. The molecule has 0 fully saturated rings. The molecule has 0 heterocycles. The van der Waals surface area contributed by atoms with Gasteiger partial charge in [-0.3, -0.25) is 4.79 Å². The Bertz CT molecular complexity index is 552. The molecule has 0 saturated carbocycles. The van der Waals surface area contributed by atoms with E-state index in [1.54, 1.807) is 6.08 Å². The first-order valence-corrected chi connectivity index (χ1v) is 8.30. The Morgan fingerprint density at radius 2 is 2.26 bits per heavy atom. The third-order valence-electron chi connectivity index (χ3n) is 3.81. The monoisotopic (exact) mass is 314 g/mol. The number of hydrogen-bond donors (Lipinski definition) is 2. The maximum absolute atomic E-state index is 11.9. The Morgan fingerprint density at radius 3 is 3.04 bits per heavy atom. The van der Waals surface area contributed by atoms with E-state index in [1.165, 1.54) is 31.3 Å². The molecular formula is C19H26N2O2. The Labute approximate surface area is 138 Å². The van der Waals surface area contributed by atoms with Crippen LogP contribution in [0.2, 0.25) is 0 Å². The van der Waals surface area contributed by atoms with E-state index < -0.39 is 0 Å². The van der Waals surface area contributed by atoms with Gasteiger partial charge < -0.3 is 15.4 Å². The number of allylic oxidation sites excluding steroid dienone is 1. The quantitative estimate of drug-likeness (QED) is 0.684. The normalized spacial score (nSPS) is 13.8. The zero-order valence-corrected chi connectivity index (χ0v) is 13.6. The summed E-state index contributed by atoms with van der Waals surface area (Å²) in [6.45, 7) is 5.08. The Kier molecular flexibility index (Phi) is 7.24. The van der Waals surface area contributed by atoms with Gasteiger partial charge in [-0.25, -0.2) is 0 Å². The van der Waals surface area contributed by atoms with Crippen LogP contribution in [0.25, 0.3) is 0 Å². The maximum atomic E-state index is 11.9. The van der Waals surface area contributed by atoms with Crippen LogP contribution in [-0.2, 0) is 4.79 Å². The molecule has 1 aromatic carbocycles. The minimum atomic E-state index is 0.0128. The molecule has 23 heavy (non-hydrogen) atoms. The number of amides is 1. The van der Waals surface area contributed by atoms with Crippen molar-refractivity contribution in [3.8, 4) is 5.75 Å². The van der Waals surface area contributed by atoms with Crippen LogP contribution in [-0.4, -0.2) is 25.6 Å². The summed E-state index contributed by atoms with van der Waals surface area (Å²) in [5.41, 5.74) is 2.35. The lowest BCUT2D eigenvalue weighted by Crippen LogP contribution is -2.30. The fourth-order valence-electron chi connectivity index (χ4n) is 2.59. The predicted molar refractivity (Wildman–Crippen MR) is 94.8 cm³/mol. The van der Waals surface area contributed by atoms with Crippen LogP contribution in [0.1, 0.15) is 32.1 Å². The van der Waals surface area contributed by atoms with Gasteiger partial charge >= 0.3 is 0 Å². The zero-order valence-electron chi connectivity index (χ0n) is 13.6. The van der Waals surface area contributed by atoms with Gasteiger partial charge in [-0.15, -0.1) is 0 Å². The summed E-state index contributed by atoms with van der Waals surface area (Å²) in [6.07, 6.45) is 9.95. The fourth-order valence-corrected chi connectivity index (χ4v) is 2.59. The lowest BCUT2D eigenvalue weighted by atomic mass is 9.97. The van der Waals surface area contributed by atoms with E-state index in [0.29, 0.717) is 6.61 Å². The van der Waals surface area contributed by atoms with Crippen molar-refractivity contribution >= 4 is 11.6 Å². The number of carbonyl (C=O) groups is 1. The second-order valence-electron chi connectivity index (χ2n) is 5.69. The van der Waals surface area contributed by atoms with Crippen molar-refractivity contribution in [1.29, 1.82) is 0 Å². The first-order valence-electron chi connectivity index (χ1n) is 8.30. The highest BCUT2D eigenvalue weighted by molar-refractivity contribution is 5.80. The minimum Gasteiger partial charge on any atom is -0.489 e. The van der Waals surface area contributed by atoms with Gasteiger partial charge in [-0.1, -0.05) is 30.4 Å². The molecule has 0 radical (unpaired) electrons. The summed E-state index contributed by atoms with van der Waals surface area (Å²) < 4.78 is 5.47. The minimum absolute atomic E-state index is 0.0128. The number of ether oxygens (including phenoxy) is 1. The standard InChI is InChI=1S/C19H26N2O2/c1-2-13-23-18-10-6-9-17(14-18)21-15-19(22)20-12-11-16-7-4-3-5-8-16/h2,6-7,9-10,14,21H,1,3-5,8,11-13,15H2,(H,20,22). The number of rotatable bonds is 9. The fraction of sp³-hybridized carbons (Fsp3) is 0.421. The van der Waals surface area contributed by atoms with Gasteiger partial charge in [0.15, 0.2) is 0 Å². The molecule has 2 rings (SSSR count). The lowest BCUT2D eigenvalue weighted by molar-refractivity contribution is -0.119. The molecule has 2 N–H and O–H groups in total. The second kappa shape index (κ2) is 9.72. The van der Waals surface area contributed by atoms with Crippen molar-refractivity contribution in [2.75, 3.05) is 25.0 Å². The van der Waals surface area contributed by atoms with Gasteiger partial charge in [0, 0.05) is 18.3 Å². The van der Waals surface area contributed by atoms with Crippen LogP contribution in [0.15, 0.2) is 48.6 Å². The summed E-state index contributed by atoms with van der Waals surface area (Å²) in [5, 5.41) is 6.08. The van der Waals surface area contributed by atoms with Crippen LogP contribution in [0.5, 0.6) is 5.75 Å². The molecule has 0 atom stereocenters. The van der Waals surface area contributed by atoms with E-state index in [2.05, 4.69) is 23.3 Å². The number of carbonyl (C=O) groups excluding carboxylic acids is 1. The van der Waals surface area contributed by atoms with Crippen molar-refractivity contribution in [2.24, 2.45) is 0 Å². The molecule has 4 nitrogen and oxygen atoms in total. The zero-order chi connectivity index (χ0) is 16.3. The van der Waals surface area contributed by atoms with Crippen LogP contribution in [0, 0.1) is 0 Å². The number of hydrogen-bond acceptors (Lipinski definition) is 3. The van der Waals surface area contributed by atoms with Gasteiger partial charge in [0.05, 0.1) is 6.54 Å². The van der Waals surface area contributed by atoms with Crippen molar-refractivity contribution in [3.63, 3.8) is 0 Å². The topological polar surface area (TPSA) is 50.4 Å². The van der Waals surface area contributed by atoms with Gasteiger partial charge in [0.25, 0.3) is 0 Å². The third-order valence-corrected chi connectivity index (χ3v) is 3.81. The van der Waals surface area contributed by atoms with Gasteiger partial charge in [0.2, 0.25) is 5.91 Å². The highest BCUT2D eigenvalue weighted by Crippen LogP contribution is 2.19. The first-order chi connectivity index (χ1) is 11.3.